The smallest absolute Gasteiger partial charge is 0.227 e. The van der Waals surface area contributed by atoms with Crippen molar-refractivity contribution in [3.63, 3.8) is 0 Å². The molecule has 3 N–H and O–H groups in total. The third-order valence-electron chi connectivity index (χ3n) is 3.87. The molecule has 3 rings (SSSR count). The summed E-state index contributed by atoms with van der Waals surface area (Å²) in [4.78, 5) is 23.6. The molecule has 6 nitrogen and oxygen atoms in total. The Kier molecular flexibility index (Phi) is 3.01. The second-order valence-corrected chi connectivity index (χ2v) is 6.25. The number of nitrogens with one attached hydrogen (secondary N) is 1. The van der Waals surface area contributed by atoms with E-state index in [4.69, 9.17) is 5.73 Å². The molecular weight excluding hydrogens is 274 g/mol. The Bertz CT molecular complexity index is 670. The molecule has 7 heteroatoms. The highest BCUT2D eigenvalue weighted by molar-refractivity contribution is 7.16. The number of carbonyl (C=O) groups is 1. The lowest BCUT2D eigenvalue weighted by molar-refractivity contribution is -0.128. The normalized spacial score (nSPS) is 22.4. The van der Waals surface area contributed by atoms with Crippen molar-refractivity contribution in [1.29, 1.82) is 0 Å². The van der Waals surface area contributed by atoms with Gasteiger partial charge in [0.2, 0.25) is 11.9 Å². The Labute approximate surface area is 121 Å². The quantitative estimate of drug-likeness (QED) is 0.869. The van der Waals surface area contributed by atoms with Gasteiger partial charge in [0.05, 0.1) is 10.8 Å². The van der Waals surface area contributed by atoms with Crippen molar-refractivity contribution >= 4 is 39.2 Å². The minimum atomic E-state index is -0.378. The van der Waals surface area contributed by atoms with Gasteiger partial charge in [-0.3, -0.25) is 4.79 Å². The van der Waals surface area contributed by atoms with Gasteiger partial charge in [0.15, 0.2) is 0 Å². The maximum absolute atomic E-state index is 12.0. The Morgan fingerprint density at radius 3 is 3.10 bits per heavy atom. The predicted octanol–water partition coefficient (Wildman–Crippen LogP) is 1.24. The molecule has 0 radical (unpaired) electrons. The number of hydrogen-bond donors (Lipinski definition) is 2. The van der Waals surface area contributed by atoms with Crippen LogP contribution in [-0.2, 0) is 4.79 Å². The first kappa shape index (κ1) is 13.1. The fraction of sp³-hybridized carbons (Fsp3) is 0.462. The number of thiophene rings is 1. The van der Waals surface area contributed by atoms with Crippen molar-refractivity contribution in [2.24, 2.45) is 5.41 Å². The molecule has 1 aliphatic rings. The molecule has 1 saturated heterocycles. The van der Waals surface area contributed by atoms with Crippen LogP contribution in [0.25, 0.3) is 10.2 Å². The topological polar surface area (TPSA) is 84.1 Å². The lowest BCUT2D eigenvalue weighted by Crippen LogP contribution is -2.39. The Morgan fingerprint density at radius 1 is 1.55 bits per heavy atom. The second-order valence-electron chi connectivity index (χ2n) is 5.36. The number of fused-ring (bicyclic) bond motifs is 1. The van der Waals surface area contributed by atoms with Crippen LogP contribution in [0.15, 0.2) is 11.4 Å². The van der Waals surface area contributed by atoms with Crippen LogP contribution >= 0.6 is 11.3 Å². The Balaban J connectivity index is 1.97. The monoisotopic (exact) mass is 291 g/mol. The average Bonchev–Trinajstić information content (AvgIpc) is 3.04. The number of hydrogen-bond acceptors (Lipinski definition) is 6. The molecule has 0 saturated carbocycles. The summed E-state index contributed by atoms with van der Waals surface area (Å²) in [5.74, 6) is 1.19. The van der Waals surface area contributed by atoms with E-state index in [2.05, 4.69) is 20.2 Å². The largest absolute Gasteiger partial charge is 0.368 e. The second kappa shape index (κ2) is 4.59. The molecule has 2 aromatic heterocycles. The van der Waals surface area contributed by atoms with E-state index in [1.54, 1.807) is 18.4 Å². The molecule has 106 valence electrons. The van der Waals surface area contributed by atoms with E-state index >= 15 is 0 Å². The van der Waals surface area contributed by atoms with Crippen LogP contribution in [0.3, 0.4) is 0 Å². The highest BCUT2D eigenvalue weighted by Gasteiger charge is 2.40. The number of carbonyl (C=O) groups excluding carboxylic acids is 1. The fourth-order valence-corrected chi connectivity index (χ4v) is 3.49. The van der Waals surface area contributed by atoms with E-state index < -0.39 is 0 Å². The van der Waals surface area contributed by atoms with E-state index in [1.165, 1.54) is 0 Å². The molecule has 2 aromatic rings. The zero-order valence-electron chi connectivity index (χ0n) is 11.5. The maximum Gasteiger partial charge on any atom is 0.227 e. The summed E-state index contributed by atoms with van der Waals surface area (Å²) in [6.45, 7) is 3.43. The zero-order valence-corrected chi connectivity index (χ0v) is 12.3. The average molecular weight is 291 g/mol. The van der Waals surface area contributed by atoms with E-state index in [9.17, 15) is 4.79 Å². The molecular formula is C13H17N5OS. The molecule has 0 spiro atoms. The van der Waals surface area contributed by atoms with Crippen molar-refractivity contribution in [1.82, 2.24) is 15.3 Å². The number of nitrogens with two attached hydrogens (primary N) is 1. The number of anilines is 2. The minimum Gasteiger partial charge on any atom is -0.368 e. The summed E-state index contributed by atoms with van der Waals surface area (Å²) in [5, 5.41) is 5.73. The molecule has 1 atom stereocenters. The highest BCUT2D eigenvalue weighted by atomic mass is 32.1. The van der Waals surface area contributed by atoms with E-state index in [0.29, 0.717) is 6.54 Å². The standard InChI is InChI=1S/C13H17N5OS/c1-13(11(19)15-2)4-5-18(7-13)9-8-3-6-20-10(8)17-12(14)16-9/h3,6H,4-5,7H2,1-2H3,(H,15,19)(H2,14,16,17). The number of rotatable bonds is 2. The van der Waals surface area contributed by atoms with Gasteiger partial charge in [0, 0.05) is 20.1 Å². The number of amides is 1. The number of nitrogens with zero attached hydrogens (tertiary/aromatic N) is 3. The van der Waals surface area contributed by atoms with Gasteiger partial charge >= 0.3 is 0 Å². The highest BCUT2D eigenvalue weighted by Crippen LogP contribution is 2.36. The van der Waals surface area contributed by atoms with E-state index in [1.807, 2.05) is 18.4 Å². The van der Waals surface area contributed by atoms with Crippen molar-refractivity contribution in [2.75, 3.05) is 30.8 Å². The van der Waals surface area contributed by atoms with Crippen LogP contribution < -0.4 is 16.0 Å². The van der Waals surface area contributed by atoms with Gasteiger partial charge in [0.1, 0.15) is 10.6 Å². The molecule has 1 aliphatic heterocycles. The summed E-state index contributed by atoms with van der Waals surface area (Å²) in [5.41, 5.74) is 5.41. The van der Waals surface area contributed by atoms with Gasteiger partial charge < -0.3 is 16.0 Å². The minimum absolute atomic E-state index is 0.0728. The van der Waals surface area contributed by atoms with Gasteiger partial charge in [-0.05, 0) is 24.8 Å². The molecule has 3 heterocycles. The lowest BCUT2D eigenvalue weighted by Gasteiger charge is -2.23. The van der Waals surface area contributed by atoms with Crippen LogP contribution in [0.1, 0.15) is 13.3 Å². The molecule has 1 fully saturated rings. The van der Waals surface area contributed by atoms with Crippen LogP contribution in [0.4, 0.5) is 11.8 Å². The molecule has 0 aliphatic carbocycles. The first-order valence-corrected chi connectivity index (χ1v) is 7.39. The number of aromatic nitrogens is 2. The van der Waals surface area contributed by atoms with E-state index in [-0.39, 0.29) is 17.3 Å². The first-order chi connectivity index (χ1) is 9.53. The Hall–Kier alpha value is -1.89. The van der Waals surface area contributed by atoms with E-state index in [0.717, 1.165) is 29.0 Å². The van der Waals surface area contributed by atoms with Crippen LogP contribution in [-0.4, -0.2) is 36.0 Å². The zero-order chi connectivity index (χ0) is 14.3. The SMILES string of the molecule is CNC(=O)C1(C)CCN(c2nc(N)nc3sccc23)C1. The molecule has 1 unspecified atom stereocenters. The third-order valence-corrected chi connectivity index (χ3v) is 4.68. The van der Waals surface area contributed by atoms with Crippen molar-refractivity contribution in [3.05, 3.63) is 11.4 Å². The van der Waals surface area contributed by atoms with Crippen LogP contribution in [0.5, 0.6) is 0 Å². The summed E-state index contributed by atoms with van der Waals surface area (Å²) in [6, 6.07) is 2.00. The Morgan fingerprint density at radius 2 is 2.35 bits per heavy atom. The van der Waals surface area contributed by atoms with Crippen molar-refractivity contribution in [2.45, 2.75) is 13.3 Å². The molecule has 1 amide bonds. The lowest BCUT2D eigenvalue weighted by atomic mass is 9.89. The summed E-state index contributed by atoms with van der Waals surface area (Å²) in [6.07, 6.45) is 0.808. The molecule has 20 heavy (non-hydrogen) atoms. The van der Waals surface area contributed by atoms with Crippen LogP contribution in [0, 0.1) is 5.41 Å². The fourth-order valence-electron chi connectivity index (χ4n) is 2.73. The van der Waals surface area contributed by atoms with Gasteiger partial charge in [-0.2, -0.15) is 4.98 Å². The first-order valence-electron chi connectivity index (χ1n) is 6.51. The summed E-state index contributed by atoms with van der Waals surface area (Å²) < 4.78 is 0. The molecule has 0 aromatic carbocycles. The van der Waals surface area contributed by atoms with Gasteiger partial charge in [-0.25, -0.2) is 4.98 Å². The van der Waals surface area contributed by atoms with Crippen molar-refractivity contribution < 1.29 is 4.79 Å². The van der Waals surface area contributed by atoms with Crippen LogP contribution in [0.2, 0.25) is 0 Å². The van der Waals surface area contributed by atoms with Gasteiger partial charge in [0.25, 0.3) is 0 Å². The van der Waals surface area contributed by atoms with Gasteiger partial charge in [-0.15, -0.1) is 11.3 Å². The summed E-state index contributed by atoms with van der Waals surface area (Å²) in [7, 11) is 1.68. The summed E-state index contributed by atoms with van der Waals surface area (Å²) >= 11 is 1.55. The molecule has 0 bridgehead atoms. The predicted molar refractivity (Wildman–Crippen MR) is 80.8 cm³/mol. The number of nitrogen functional groups attached to an aromatic ring is 1. The maximum atomic E-state index is 12.0. The van der Waals surface area contributed by atoms with Crippen molar-refractivity contribution in [3.8, 4) is 0 Å². The van der Waals surface area contributed by atoms with Gasteiger partial charge in [-0.1, -0.05) is 0 Å². The third kappa shape index (κ3) is 1.98.